The predicted octanol–water partition coefficient (Wildman–Crippen LogP) is 4.75. The van der Waals surface area contributed by atoms with Crippen LogP contribution in [0.15, 0.2) is 22.7 Å². The second kappa shape index (κ2) is 8.19. The number of benzene rings is 1. The molecule has 1 heterocycles. The highest BCUT2D eigenvalue weighted by atomic mass is 79.9. The highest BCUT2D eigenvalue weighted by molar-refractivity contribution is 9.10. The summed E-state index contributed by atoms with van der Waals surface area (Å²) in [6, 6.07) is 7.05. The summed E-state index contributed by atoms with van der Waals surface area (Å²) >= 11 is 3.73. The van der Waals surface area contributed by atoms with Crippen LogP contribution >= 0.6 is 15.9 Å². The number of anilines is 1. The summed E-state index contributed by atoms with van der Waals surface area (Å²) in [5.41, 5.74) is 8.75. The van der Waals surface area contributed by atoms with E-state index >= 15 is 0 Å². The molecule has 0 aromatic heterocycles. The molecule has 3 heteroatoms. The minimum absolute atomic E-state index is 0.261. The van der Waals surface area contributed by atoms with E-state index in [1.165, 1.54) is 54.5 Å². The van der Waals surface area contributed by atoms with Crippen LogP contribution in [-0.2, 0) is 6.42 Å². The molecule has 21 heavy (non-hydrogen) atoms. The van der Waals surface area contributed by atoms with Crippen molar-refractivity contribution in [3.05, 3.63) is 28.2 Å². The van der Waals surface area contributed by atoms with Crippen LogP contribution in [0.3, 0.4) is 0 Å². The Morgan fingerprint density at radius 2 is 2.00 bits per heavy atom. The van der Waals surface area contributed by atoms with Gasteiger partial charge in [-0.2, -0.15) is 0 Å². The zero-order chi connectivity index (χ0) is 15.2. The van der Waals surface area contributed by atoms with E-state index in [4.69, 9.17) is 5.73 Å². The Morgan fingerprint density at radius 3 is 2.57 bits per heavy atom. The minimum atomic E-state index is 0.261. The Bertz CT molecular complexity index is 439. The molecule has 0 saturated carbocycles. The average molecular weight is 353 g/mol. The summed E-state index contributed by atoms with van der Waals surface area (Å²) in [4.78, 5) is 2.53. The molecule has 1 aromatic carbocycles. The van der Waals surface area contributed by atoms with E-state index in [1.54, 1.807) is 0 Å². The monoisotopic (exact) mass is 352 g/mol. The molecular formula is C18H29BrN2. The van der Waals surface area contributed by atoms with Crippen molar-refractivity contribution in [2.75, 3.05) is 18.0 Å². The molecule has 1 aromatic rings. The molecular weight excluding hydrogens is 324 g/mol. The van der Waals surface area contributed by atoms with Gasteiger partial charge in [-0.1, -0.05) is 48.7 Å². The lowest BCUT2D eigenvalue weighted by Crippen LogP contribution is -2.33. The molecule has 1 saturated heterocycles. The Hall–Kier alpha value is -0.540. The molecule has 118 valence electrons. The smallest absolute Gasteiger partial charge is 0.0377 e. The van der Waals surface area contributed by atoms with Crippen LogP contribution in [0.1, 0.15) is 51.5 Å². The fourth-order valence-corrected chi connectivity index (χ4v) is 3.74. The first-order valence-corrected chi connectivity index (χ1v) is 9.22. The molecule has 2 N–H and O–H groups in total. The Balaban J connectivity index is 1.97. The van der Waals surface area contributed by atoms with Gasteiger partial charge in [0.1, 0.15) is 0 Å². The quantitative estimate of drug-likeness (QED) is 0.800. The van der Waals surface area contributed by atoms with Gasteiger partial charge in [-0.3, -0.25) is 0 Å². The van der Waals surface area contributed by atoms with Crippen molar-refractivity contribution in [3.63, 3.8) is 0 Å². The highest BCUT2D eigenvalue weighted by Gasteiger charge is 2.19. The second-order valence-electron chi connectivity index (χ2n) is 6.37. The highest BCUT2D eigenvalue weighted by Crippen LogP contribution is 2.29. The van der Waals surface area contributed by atoms with Crippen molar-refractivity contribution in [1.82, 2.24) is 0 Å². The van der Waals surface area contributed by atoms with E-state index in [0.29, 0.717) is 0 Å². The van der Waals surface area contributed by atoms with Gasteiger partial charge >= 0.3 is 0 Å². The van der Waals surface area contributed by atoms with Gasteiger partial charge < -0.3 is 10.6 Å². The summed E-state index contributed by atoms with van der Waals surface area (Å²) in [7, 11) is 0. The Morgan fingerprint density at radius 1 is 1.29 bits per heavy atom. The molecule has 0 amide bonds. The largest absolute Gasteiger partial charge is 0.371 e. The Labute approximate surface area is 138 Å². The van der Waals surface area contributed by atoms with Gasteiger partial charge in [-0.05, 0) is 49.3 Å². The molecule has 1 fully saturated rings. The van der Waals surface area contributed by atoms with Gasteiger partial charge in [-0.25, -0.2) is 0 Å². The third-order valence-corrected chi connectivity index (χ3v) is 5.46. The van der Waals surface area contributed by atoms with E-state index in [-0.39, 0.29) is 6.04 Å². The van der Waals surface area contributed by atoms with Crippen molar-refractivity contribution in [1.29, 1.82) is 0 Å². The molecule has 1 aliphatic heterocycles. The van der Waals surface area contributed by atoms with Crippen molar-refractivity contribution < 1.29 is 0 Å². The maximum atomic E-state index is 6.07. The topological polar surface area (TPSA) is 29.3 Å². The van der Waals surface area contributed by atoms with Crippen molar-refractivity contribution >= 4 is 21.6 Å². The van der Waals surface area contributed by atoms with E-state index in [0.717, 1.165) is 18.8 Å². The summed E-state index contributed by atoms with van der Waals surface area (Å²) in [5, 5.41) is 0. The Kier molecular flexibility index (Phi) is 6.56. The first-order chi connectivity index (χ1) is 10.1. The van der Waals surface area contributed by atoms with Crippen LogP contribution in [0, 0.1) is 5.92 Å². The SMILES string of the molecule is CCCC1CCN(c2ccc(CC(N)CC)c(Br)c2)CC1. The molecule has 0 aliphatic carbocycles. The van der Waals surface area contributed by atoms with Crippen LogP contribution in [0.4, 0.5) is 5.69 Å². The summed E-state index contributed by atoms with van der Waals surface area (Å²) < 4.78 is 1.21. The van der Waals surface area contributed by atoms with Crippen LogP contribution in [-0.4, -0.2) is 19.1 Å². The first-order valence-electron chi connectivity index (χ1n) is 8.43. The van der Waals surface area contributed by atoms with Crippen molar-refractivity contribution in [3.8, 4) is 0 Å². The molecule has 0 radical (unpaired) electrons. The molecule has 2 nitrogen and oxygen atoms in total. The molecule has 1 unspecified atom stereocenters. The fraction of sp³-hybridized carbons (Fsp3) is 0.667. The van der Waals surface area contributed by atoms with Gasteiger partial charge in [0.2, 0.25) is 0 Å². The lowest BCUT2D eigenvalue weighted by atomic mass is 9.92. The van der Waals surface area contributed by atoms with Crippen LogP contribution in [0.2, 0.25) is 0 Å². The normalized spacial score (nSPS) is 18.0. The third-order valence-electron chi connectivity index (χ3n) is 4.72. The zero-order valence-corrected chi connectivity index (χ0v) is 15.0. The number of halogens is 1. The van der Waals surface area contributed by atoms with E-state index in [9.17, 15) is 0 Å². The fourth-order valence-electron chi connectivity index (χ4n) is 3.21. The van der Waals surface area contributed by atoms with E-state index in [2.05, 4.69) is 52.9 Å². The number of nitrogens with zero attached hydrogens (tertiary/aromatic N) is 1. The molecule has 2 rings (SSSR count). The van der Waals surface area contributed by atoms with Gasteiger partial charge in [0.15, 0.2) is 0 Å². The van der Waals surface area contributed by atoms with Gasteiger partial charge in [-0.15, -0.1) is 0 Å². The van der Waals surface area contributed by atoms with E-state index < -0.39 is 0 Å². The summed E-state index contributed by atoms with van der Waals surface area (Å²) in [6.07, 6.45) is 7.38. The summed E-state index contributed by atoms with van der Waals surface area (Å²) in [5.74, 6) is 0.941. The molecule has 1 atom stereocenters. The molecule has 1 aliphatic rings. The predicted molar refractivity (Wildman–Crippen MR) is 96.0 cm³/mol. The molecule has 0 spiro atoms. The lowest BCUT2D eigenvalue weighted by molar-refractivity contribution is 0.378. The number of hydrogen-bond acceptors (Lipinski definition) is 2. The third kappa shape index (κ3) is 4.72. The number of rotatable bonds is 6. The van der Waals surface area contributed by atoms with Gasteiger partial charge in [0.25, 0.3) is 0 Å². The van der Waals surface area contributed by atoms with E-state index in [1.807, 2.05) is 0 Å². The van der Waals surface area contributed by atoms with Crippen molar-refractivity contribution in [2.24, 2.45) is 11.7 Å². The summed E-state index contributed by atoms with van der Waals surface area (Å²) in [6.45, 7) is 6.84. The maximum absolute atomic E-state index is 6.07. The maximum Gasteiger partial charge on any atom is 0.0377 e. The average Bonchev–Trinajstić information content (AvgIpc) is 2.50. The number of piperidine rings is 1. The van der Waals surface area contributed by atoms with Crippen molar-refractivity contribution in [2.45, 2.75) is 58.4 Å². The number of nitrogens with two attached hydrogens (primary N) is 1. The van der Waals surface area contributed by atoms with Gasteiger partial charge in [0.05, 0.1) is 0 Å². The zero-order valence-electron chi connectivity index (χ0n) is 13.4. The minimum Gasteiger partial charge on any atom is -0.371 e. The number of hydrogen-bond donors (Lipinski definition) is 1. The van der Waals surface area contributed by atoms with Crippen LogP contribution in [0.5, 0.6) is 0 Å². The van der Waals surface area contributed by atoms with Crippen LogP contribution < -0.4 is 10.6 Å². The first kappa shape index (κ1) is 16.8. The molecule has 0 bridgehead atoms. The van der Waals surface area contributed by atoms with Crippen LogP contribution in [0.25, 0.3) is 0 Å². The standard InChI is InChI=1S/C18H29BrN2/c1-3-5-14-8-10-21(11-9-14)17-7-6-15(18(19)13-17)12-16(20)4-2/h6-7,13-14,16H,3-5,8-12,20H2,1-2H3. The van der Waals surface area contributed by atoms with Gasteiger partial charge in [0, 0.05) is 29.3 Å². The lowest BCUT2D eigenvalue weighted by Gasteiger charge is -2.34. The second-order valence-corrected chi connectivity index (χ2v) is 7.22.